The Morgan fingerprint density at radius 3 is 2.80 bits per heavy atom. The third-order valence-corrected chi connectivity index (χ3v) is 5.95. The van der Waals surface area contributed by atoms with Crippen molar-refractivity contribution in [2.45, 2.75) is 32.1 Å². The third kappa shape index (κ3) is 5.47. The molecular weight excluding hydrogens is 352 g/mol. The van der Waals surface area contributed by atoms with Crippen LogP contribution >= 0.6 is 24.0 Å². The van der Waals surface area contributed by atoms with Gasteiger partial charge in [-0.15, -0.1) is 0 Å². The fraction of sp³-hybridized carbons (Fsp3) is 0.474. The molecule has 0 amide bonds. The maximum atomic E-state index is 11.4. The van der Waals surface area contributed by atoms with Crippen molar-refractivity contribution >= 4 is 39.2 Å². The maximum Gasteiger partial charge on any atom is 0.248 e. The van der Waals surface area contributed by atoms with Crippen molar-refractivity contribution in [2.75, 3.05) is 25.4 Å². The fourth-order valence-corrected chi connectivity index (χ4v) is 4.26. The molecular formula is C19H24N2O2S2. The minimum atomic E-state index is -0.0913. The molecule has 1 aromatic carbocycles. The van der Waals surface area contributed by atoms with Gasteiger partial charge in [-0.3, -0.25) is 4.79 Å². The predicted molar refractivity (Wildman–Crippen MR) is 110 cm³/mol. The van der Waals surface area contributed by atoms with Gasteiger partial charge in [-0.2, -0.15) is 0 Å². The summed E-state index contributed by atoms with van der Waals surface area (Å²) < 4.78 is 6.86. The Bertz CT molecular complexity index is 769. The van der Waals surface area contributed by atoms with Crippen LogP contribution in [-0.4, -0.2) is 39.7 Å². The average Bonchev–Trinajstić information content (AvgIpc) is 2.64. The van der Waals surface area contributed by atoms with Gasteiger partial charge in [-0.25, -0.2) is 0 Å². The number of ether oxygens (including phenoxy) is 1. The van der Waals surface area contributed by atoms with Crippen molar-refractivity contribution in [2.24, 2.45) is 0 Å². The van der Waals surface area contributed by atoms with Crippen LogP contribution in [-0.2, 0) is 0 Å². The molecule has 1 aliphatic rings. The van der Waals surface area contributed by atoms with Crippen molar-refractivity contribution < 1.29 is 4.74 Å². The number of likely N-dealkylation sites (tertiary alicyclic amines) is 1. The summed E-state index contributed by atoms with van der Waals surface area (Å²) in [6, 6.07) is 9.15. The summed E-state index contributed by atoms with van der Waals surface area (Å²) in [5.74, 6) is 1.84. The van der Waals surface area contributed by atoms with Gasteiger partial charge in [0.1, 0.15) is 10.1 Å². The Kier molecular flexibility index (Phi) is 6.76. The minimum absolute atomic E-state index is 0.0913. The zero-order valence-electron chi connectivity index (χ0n) is 14.3. The van der Waals surface area contributed by atoms with Crippen molar-refractivity contribution in [3.8, 4) is 5.75 Å². The van der Waals surface area contributed by atoms with Crippen LogP contribution in [0.4, 0.5) is 0 Å². The number of nitrogens with zero attached hydrogens (tertiary/aromatic N) is 1. The van der Waals surface area contributed by atoms with E-state index in [1.807, 2.05) is 24.3 Å². The molecule has 134 valence electrons. The first-order chi connectivity index (χ1) is 12.2. The van der Waals surface area contributed by atoms with Gasteiger partial charge in [0.05, 0.1) is 12.1 Å². The normalized spacial score (nSPS) is 14.6. The summed E-state index contributed by atoms with van der Waals surface area (Å²) in [5, 5.41) is 1.01. The molecule has 0 spiro atoms. The number of H-pyrrole nitrogens is 1. The van der Waals surface area contributed by atoms with Crippen LogP contribution in [0, 0.1) is 0 Å². The van der Waals surface area contributed by atoms with E-state index in [0.29, 0.717) is 6.61 Å². The lowest BCUT2D eigenvalue weighted by Crippen LogP contribution is -2.32. The molecule has 3 rings (SSSR count). The number of aromatic amines is 1. The highest BCUT2D eigenvalue weighted by molar-refractivity contribution is 8.22. The number of nitrogens with one attached hydrogen (secondary N) is 1. The molecule has 1 aromatic heterocycles. The lowest BCUT2D eigenvalue weighted by molar-refractivity contribution is 0.310. The zero-order valence-corrected chi connectivity index (χ0v) is 16.0. The number of piperidine rings is 1. The first-order valence-electron chi connectivity index (χ1n) is 8.90. The number of thioether (sulfide) groups is 1. The van der Waals surface area contributed by atoms with E-state index in [0.717, 1.165) is 52.7 Å². The van der Waals surface area contributed by atoms with E-state index >= 15 is 0 Å². The Morgan fingerprint density at radius 1 is 1.16 bits per heavy atom. The van der Waals surface area contributed by atoms with E-state index in [-0.39, 0.29) is 5.56 Å². The summed E-state index contributed by atoms with van der Waals surface area (Å²) in [6.45, 7) is 2.93. The number of unbranched alkanes of at least 4 members (excludes halogenated alkanes) is 1. The van der Waals surface area contributed by atoms with Crippen LogP contribution in [0.2, 0.25) is 0 Å². The van der Waals surface area contributed by atoms with Gasteiger partial charge in [0, 0.05) is 31.0 Å². The highest BCUT2D eigenvalue weighted by Gasteiger charge is 2.13. The van der Waals surface area contributed by atoms with Gasteiger partial charge in [0.2, 0.25) is 5.56 Å². The standard InChI is InChI=1S/C19H24N2O2S2/c22-18-9-7-15-6-8-16(14-17(15)20-18)23-12-4-5-13-25-19(24)21-10-2-1-3-11-21/h6-9,14H,1-5,10-13H2,(H,20,22). The van der Waals surface area contributed by atoms with Gasteiger partial charge in [0.25, 0.3) is 0 Å². The van der Waals surface area contributed by atoms with Gasteiger partial charge in [-0.1, -0.05) is 24.0 Å². The molecule has 25 heavy (non-hydrogen) atoms. The topological polar surface area (TPSA) is 45.3 Å². The molecule has 0 unspecified atom stereocenters. The zero-order chi connectivity index (χ0) is 17.5. The molecule has 2 heterocycles. The maximum absolute atomic E-state index is 11.4. The van der Waals surface area contributed by atoms with Crippen molar-refractivity contribution in [3.05, 3.63) is 40.7 Å². The van der Waals surface area contributed by atoms with E-state index < -0.39 is 0 Å². The van der Waals surface area contributed by atoms with Gasteiger partial charge in [-0.05, 0) is 55.7 Å². The second kappa shape index (κ2) is 9.25. The van der Waals surface area contributed by atoms with Gasteiger partial charge >= 0.3 is 0 Å². The largest absolute Gasteiger partial charge is 0.494 e. The Balaban J connectivity index is 1.35. The smallest absolute Gasteiger partial charge is 0.248 e. The first kappa shape index (κ1) is 18.3. The molecule has 6 heteroatoms. The van der Waals surface area contributed by atoms with Gasteiger partial charge < -0.3 is 14.6 Å². The molecule has 0 bridgehead atoms. The van der Waals surface area contributed by atoms with Crippen LogP contribution in [0.15, 0.2) is 35.1 Å². The number of fused-ring (bicyclic) bond motifs is 1. The van der Waals surface area contributed by atoms with Crippen LogP contribution in [0.3, 0.4) is 0 Å². The van der Waals surface area contributed by atoms with E-state index in [1.54, 1.807) is 11.8 Å². The Hall–Kier alpha value is -1.53. The molecule has 0 radical (unpaired) electrons. The first-order valence-corrected chi connectivity index (χ1v) is 10.3. The second-order valence-corrected chi connectivity index (χ2v) is 8.02. The molecule has 1 aliphatic heterocycles. The summed E-state index contributed by atoms with van der Waals surface area (Å²) in [6.07, 6.45) is 5.96. The third-order valence-electron chi connectivity index (χ3n) is 4.34. The minimum Gasteiger partial charge on any atom is -0.494 e. The number of hydrogen-bond donors (Lipinski definition) is 1. The SMILES string of the molecule is O=c1ccc2ccc(OCCCCSC(=S)N3CCCCC3)cc2[nH]1. The van der Waals surface area contributed by atoms with E-state index in [1.165, 1.54) is 25.3 Å². The number of benzene rings is 1. The summed E-state index contributed by atoms with van der Waals surface area (Å²) in [7, 11) is 0. The lowest BCUT2D eigenvalue weighted by Gasteiger charge is -2.28. The van der Waals surface area contributed by atoms with Crippen LogP contribution in [0.5, 0.6) is 5.75 Å². The monoisotopic (exact) mass is 376 g/mol. The van der Waals surface area contributed by atoms with Crippen molar-refractivity contribution in [1.29, 1.82) is 0 Å². The molecule has 1 saturated heterocycles. The highest BCUT2D eigenvalue weighted by Crippen LogP contribution is 2.19. The Morgan fingerprint density at radius 2 is 1.96 bits per heavy atom. The summed E-state index contributed by atoms with van der Waals surface area (Å²) >= 11 is 7.31. The number of hydrogen-bond acceptors (Lipinski definition) is 4. The van der Waals surface area contributed by atoms with Gasteiger partial charge in [0.15, 0.2) is 0 Å². The molecule has 1 fully saturated rings. The van der Waals surface area contributed by atoms with Crippen molar-refractivity contribution in [1.82, 2.24) is 9.88 Å². The number of rotatable bonds is 6. The van der Waals surface area contributed by atoms with Crippen molar-refractivity contribution in [3.63, 3.8) is 0 Å². The molecule has 0 aliphatic carbocycles. The summed E-state index contributed by atoms with van der Waals surface area (Å²) in [4.78, 5) is 16.6. The van der Waals surface area contributed by atoms with Crippen LogP contribution < -0.4 is 10.3 Å². The van der Waals surface area contributed by atoms with E-state index in [2.05, 4.69) is 9.88 Å². The quantitative estimate of drug-likeness (QED) is 0.605. The van der Waals surface area contributed by atoms with Crippen LogP contribution in [0.1, 0.15) is 32.1 Å². The number of thiocarbonyl (C=S) groups is 1. The second-order valence-electron chi connectivity index (χ2n) is 6.29. The average molecular weight is 377 g/mol. The molecule has 2 aromatic rings. The number of aromatic nitrogens is 1. The predicted octanol–water partition coefficient (Wildman–Crippen LogP) is 4.19. The van der Waals surface area contributed by atoms with E-state index in [4.69, 9.17) is 17.0 Å². The lowest BCUT2D eigenvalue weighted by atomic mass is 10.1. The Labute approximate surface area is 157 Å². The molecule has 0 atom stereocenters. The molecule has 0 saturated carbocycles. The van der Waals surface area contributed by atoms with E-state index in [9.17, 15) is 4.79 Å². The fourth-order valence-electron chi connectivity index (χ4n) is 2.94. The van der Waals surface area contributed by atoms with Crippen LogP contribution in [0.25, 0.3) is 10.9 Å². The number of pyridine rings is 1. The molecule has 4 nitrogen and oxygen atoms in total. The highest BCUT2D eigenvalue weighted by atomic mass is 32.2. The summed E-state index contributed by atoms with van der Waals surface area (Å²) in [5.41, 5.74) is 0.721. The molecule has 1 N–H and O–H groups in total.